The lowest BCUT2D eigenvalue weighted by Crippen LogP contribution is -2.13. The smallest absolute Gasteiger partial charge is 0.266 e. The summed E-state index contributed by atoms with van der Waals surface area (Å²) in [5.74, 6) is -1.04. The maximum absolute atomic E-state index is 14.0. The molecule has 0 aliphatic carbocycles. The molecule has 1 N–H and O–H groups in total. The topological polar surface area (TPSA) is 62.1 Å². The number of methoxy groups -OCH3 is 1. The number of halogens is 3. The van der Waals surface area contributed by atoms with Crippen LogP contribution >= 0.6 is 11.6 Å². The Morgan fingerprint density at radius 2 is 1.87 bits per heavy atom. The quantitative estimate of drug-likeness (QED) is 0.393. The summed E-state index contributed by atoms with van der Waals surface area (Å²) in [7, 11) is 1.45. The van der Waals surface area contributed by atoms with Crippen LogP contribution in [-0.4, -0.2) is 13.0 Å². The number of nitrogens with zero attached hydrogens (tertiary/aromatic N) is 1. The number of hydrogen-bond acceptors (Lipinski definition) is 3. The zero-order chi connectivity index (χ0) is 22.4. The fourth-order valence-electron chi connectivity index (χ4n) is 2.95. The molecule has 0 aromatic heterocycles. The SMILES string of the molecule is COc1cc(/C=C(\C#N)C(=O)Nc2ccc(F)cc2)cc(Cl)c1Cc1ccccc1F. The van der Waals surface area contributed by atoms with Gasteiger partial charge in [-0.2, -0.15) is 5.26 Å². The maximum Gasteiger partial charge on any atom is 0.266 e. The lowest BCUT2D eigenvalue weighted by atomic mass is 10.0. The molecule has 0 unspecified atom stereocenters. The Labute approximate surface area is 183 Å². The average Bonchev–Trinajstić information content (AvgIpc) is 2.76. The monoisotopic (exact) mass is 438 g/mol. The van der Waals surface area contributed by atoms with Crippen LogP contribution in [0.3, 0.4) is 0 Å². The first-order valence-electron chi connectivity index (χ1n) is 9.19. The summed E-state index contributed by atoms with van der Waals surface area (Å²) in [5, 5.41) is 12.3. The third-order valence-corrected chi connectivity index (χ3v) is 4.84. The van der Waals surface area contributed by atoms with E-state index in [0.717, 1.165) is 0 Å². The molecule has 3 rings (SSSR count). The lowest BCUT2D eigenvalue weighted by molar-refractivity contribution is -0.112. The molecule has 0 fully saturated rings. The number of rotatable bonds is 6. The molecule has 0 saturated carbocycles. The number of nitriles is 1. The van der Waals surface area contributed by atoms with Crippen LogP contribution in [0.4, 0.5) is 14.5 Å². The van der Waals surface area contributed by atoms with Crippen molar-refractivity contribution in [2.45, 2.75) is 6.42 Å². The molecular weight excluding hydrogens is 422 g/mol. The molecule has 0 radical (unpaired) electrons. The van der Waals surface area contributed by atoms with Crippen molar-refractivity contribution < 1.29 is 18.3 Å². The number of nitrogens with one attached hydrogen (secondary N) is 1. The van der Waals surface area contributed by atoms with Crippen LogP contribution < -0.4 is 10.1 Å². The van der Waals surface area contributed by atoms with Crippen molar-refractivity contribution in [2.75, 3.05) is 12.4 Å². The second kappa shape index (κ2) is 9.88. The number of benzene rings is 3. The number of anilines is 1. The van der Waals surface area contributed by atoms with Crippen LogP contribution in [0.1, 0.15) is 16.7 Å². The first kappa shape index (κ1) is 22.0. The van der Waals surface area contributed by atoms with Gasteiger partial charge in [-0.05, 0) is 59.7 Å². The third kappa shape index (κ3) is 5.47. The summed E-state index contributed by atoms with van der Waals surface area (Å²) in [4.78, 5) is 12.4. The summed E-state index contributed by atoms with van der Waals surface area (Å²) in [6.07, 6.45) is 1.58. The Kier molecular flexibility index (Phi) is 7.01. The molecule has 31 heavy (non-hydrogen) atoms. The van der Waals surface area contributed by atoms with Gasteiger partial charge in [-0.25, -0.2) is 8.78 Å². The van der Waals surface area contributed by atoms with Crippen molar-refractivity contribution in [1.82, 2.24) is 0 Å². The molecule has 0 spiro atoms. The standard InChI is InChI=1S/C24H17ClF2N2O2/c1-31-23-12-15(11-21(25)20(23)13-16-4-2-3-5-22(16)27)10-17(14-28)24(30)29-19-8-6-18(26)7-9-19/h2-12H,13H2,1H3,(H,29,30)/b17-10+. The first-order chi connectivity index (χ1) is 14.9. The van der Waals surface area contributed by atoms with E-state index in [-0.39, 0.29) is 17.8 Å². The minimum Gasteiger partial charge on any atom is -0.496 e. The van der Waals surface area contributed by atoms with E-state index in [4.69, 9.17) is 16.3 Å². The number of carbonyl (C=O) groups excluding carboxylic acids is 1. The van der Waals surface area contributed by atoms with Gasteiger partial charge in [-0.1, -0.05) is 29.8 Å². The highest BCUT2D eigenvalue weighted by Crippen LogP contribution is 2.32. The van der Waals surface area contributed by atoms with Crippen molar-refractivity contribution >= 4 is 29.3 Å². The van der Waals surface area contributed by atoms with Crippen LogP contribution in [0.15, 0.2) is 66.2 Å². The molecule has 1 amide bonds. The van der Waals surface area contributed by atoms with Gasteiger partial charge in [0.1, 0.15) is 29.0 Å². The fraction of sp³-hybridized carbons (Fsp3) is 0.0833. The minimum absolute atomic E-state index is 0.177. The Bertz CT molecular complexity index is 1190. The summed E-state index contributed by atoms with van der Waals surface area (Å²) in [6, 6.07) is 16.6. The van der Waals surface area contributed by atoms with Crippen LogP contribution in [0.5, 0.6) is 5.75 Å². The van der Waals surface area contributed by atoms with E-state index in [0.29, 0.717) is 33.1 Å². The van der Waals surface area contributed by atoms with Gasteiger partial charge < -0.3 is 10.1 Å². The van der Waals surface area contributed by atoms with Crippen molar-refractivity contribution in [2.24, 2.45) is 0 Å². The van der Waals surface area contributed by atoms with Gasteiger partial charge in [-0.15, -0.1) is 0 Å². The van der Waals surface area contributed by atoms with E-state index >= 15 is 0 Å². The van der Waals surface area contributed by atoms with Gasteiger partial charge >= 0.3 is 0 Å². The fourth-order valence-corrected chi connectivity index (χ4v) is 3.23. The second-order valence-electron chi connectivity index (χ2n) is 6.58. The van der Waals surface area contributed by atoms with Crippen LogP contribution in [0.25, 0.3) is 6.08 Å². The van der Waals surface area contributed by atoms with E-state index in [2.05, 4.69) is 5.32 Å². The molecule has 4 nitrogen and oxygen atoms in total. The molecule has 0 bridgehead atoms. The molecular formula is C24H17ClF2N2O2. The highest BCUT2D eigenvalue weighted by Gasteiger charge is 2.15. The van der Waals surface area contributed by atoms with Gasteiger partial charge in [-0.3, -0.25) is 4.79 Å². The van der Waals surface area contributed by atoms with Crippen LogP contribution in [0.2, 0.25) is 5.02 Å². The van der Waals surface area contributed by atoms with Gasteiger partial charge in [0, 0.05) is 22.7 Å². The van der Waals surface area contributed by atoms with E-state index in [1.54, 1.807) is 30.3 Å². The zero-order valence-electron chi connectivity index (χ0n) is 16.5. The highest BCUT2D eigenvalue weighted by molar-refractivity contribution is 6.31. The number of hydrogen-bond donors (Lipinski definition) is 1. The molecule has 3 aromatic carbocycles. The van der Waals surface area contributed by atoms with Crippen molar-refractivity contribution in [3.05, 3.63) is 99.6 Å². The second-order valence-corrected chi connectivity index (χ2v) is 6.99. The Morgan fingerprint density at radius 1 is 1.16 bits per heavy atom. The van der Waals surface area contributed by atoms with E-state index in [1.807, 2.05) is 6.07 Å². The zero-order valence-corrected chi connectivity index (χ0v) is 17.2. The third-order valence-electron chi connectivity index (χ3n) is 4.50. The minimum atomic E-state index is -0.653. The Balaban J connectivity index is 1.89. The van der Waals surface area contributed by atoms with E-state index in [1.165, 1.54) is 43.5 Å². The highest BCUT2D eigenvalue weighted by atomic mass is 35.5. The molecule has 156 valence electrons. The maximum atomic E-state index is 14.0. The Morgan fingerprint density at radius 3 is 2.52 bits per heavy atom. The number of ether oxygens (including phenoxy) is 1. The predicted molar refractivity (Wildman–Crippen MR) is 116 cm³/mol. The van der Waals surface area contributed by atoms with Crippen LogP contribution in [-0.2, 0) is 11.2 Å². The van der Waals surface area contributed by atoms with Gasteiger partial charge in [0.05, 0.1) is 7.11 Å². The molecule has 0 heterocycles. The first-order valence-corrected chi connectivity index (χ1v) is 9.57. The van der Waals surface area contributed by atoms with Crippen molar-refractivity contribution in [1.29, 1.82) is 5.26 Å². The normalized spacial score (nSPS) is 11.0. The Hall–Kier alpha value is -3.69. The summed E-state index contributed by atoms with van der Waals surface area (Å²) in [6.45, 7) is 0. The molecule has 0 atom stereocenters. The number of amides is 1. The van der Waals surface area contributed by atoms with Crippen LogP contribution in [0, 0.1) is 23.0 Å². The van der Waals surface area contributed by atoms with Gasteiger partial charge in [0.15, 0.2) is 0 Å². The summed E-state index contributed by atoms with van der Waals surface area (Å²) in [5.41, 5.74) is 1.68. The predicted octanol–water partition coefficient (Wildman–Crippen LogP) is 5.76. The number of carbonyl (C=O) groups is 1. The molecule has 0 aliphatic heterocycles. The molecule has 3 aromatic rings. The molecule has 7 heteroatoms. The summed E-state index contributed by atoms with van der Waals surface area (Å²) >= 11 is 6.42. The molecule has 0 aliphatic rings. The average molecular weight is 439 g/mol. The van der Waals surface area contributed by atoms with Crippen molar-refractivity contribution in [3.63, 3.8) is 0 Å². The molecule has 0 saturated heterocycles. The summed E-state index contributed by atoms with van der Waals surface area (Å²) < 4.78 is 32.5. The van der Waals surface area contributed by atoms with Gasteiger partial charge in [0.2, 0.25) is 0 Å². The van der Waals surface area contributed by atoms with E-state index < -0.39 is 11.7 Å². The van der Waals surface area contributed by atoms with E-state index in [9.17, 15) is 18.8 Å². The van der Waals surface area contributed by atoms with Gasteiger partial charge in [0.25, 0.3) is 5.91 Å². The lowest BCUT2D eigenvalue weighted by Gasteiger charge is -2.13. The largest absolute Gasteiger partial charge is 0.496 e. The van der Waals surface area contributed by atoms with Crippen molar-refractivity contribution in [3.8, 4) is 11.8 Å².